The van der Waals surface area contributed by atoms with E-state index >= 15 is 0 Å². The van der Waals surface area contributed by atoms with Crippen molar-refractivity contribution in [3.8, 4) is 5.75 Å². The van der Waals surface area contributed by atoms with Gasteiger partial charge in [0.2, 0.25) is 0 Å². The van der Waals surface area contributed by atoms with Gasteiger partial charge in [0.05, 0.1) is 18.8 Å². The number of aliphatic hydroxyl groups is 1. The number of nitrogens with two attached hydrogens (primary N) is 1. The van der Waals surface area contributed by atoms with Gasteiger partial charge in [0.1, 0.15) is 11.8 Å². The second-order valence-electron chi connectivity index (χ2n) is 4.66. The molecule has 0 bridgehead atoms. The minimum atomic E-state index is -1.13. The zero-order valence-electron chi connectivity index (χ0n) is 10.9. The Balaban J connectivity index is 2.33. The van der Waals surface area contributed by atoms with E-state index in [1.807, 2.05) is 0 Å². The Bertz CT molecular complexity index is 546. The number of nitrogens with zero attached hydrogens (tertiary/aromatic N) is 1. The van der Waals surface area contributed by atoms with Crippen LogP contribution in [-0.2, 0) is 4.79 Å². The Morgan fingerprint density at radius 1 is 1.45 bits per heavy atom. The van der Waals surface area contributed by atoms with Crippen LogP contribution >= 0.6 is 0 Å². The minimum Gasteiger partial charge on any atom is -0.496 e. The molecule has 7 nitrogen and oxygen atoms in total. The lowest BCUT2D eigenvalue weighted by atomic mass is 10.1. The highest BCUT2D eigenvalue weighted by atomic mass is 16.5. The summed E-state index contributed by atoms with van der Waals surface area (Å²) in [6.45, 7) is -0.0106. The summed E-state index contributed by atoms with van der Waals surface area (Å²) in [6.07, 6.45) is -0.807. The Morgan fingerprint density at radius 2 is 2.15 bits per heavy atom. The van der Waals surface area contributed by atoms with Gasteiger partial charge in [0.25, 0.3) is 5.91 Å². The van der Waals surface area contributed by atoms with Gasteiger partial charge in [-0.05, 0) is 12.1 Å². The average molecular weight is 280 g/mol. The van der Waals surface area contributed by atoms with Crippen molar-refractivity contribution in [1.29, 1.82) is 0 Å². The van der Waals surface area contributed by atoms with Crippen molar-refractivity contribution < 1.29 is 24.5 Å². The van der Waals surface area contributed by atoms with Crippen LogP contribution in [0.5, 0.6) is 5.75 Å². The summed E-state index contributed by atoms with van der Waals surface area (Å²) < 4.78 is 5.09. The fourth-order valence-corrected chi connectivity index (χ4v) is 2.31. The molecular weight excluding hydrogens is 264 g/mol. The normalized spacial score (nSPS) is 21.8. The van der Waals surface area contributed by atoms with Gasteiger partial charge in [-0.15, -0.1) is 0 Å². The van der Waals surface area contributed by atoms with Crippen molar-refractivity contribution in [2.24, 2.45) is 0 Å². The number of likely N-dealkylation sites (tertiary alicyclic amines) is 1. The summed E-state index contributed by atoms with van der Waals surface area (Å²) in [4.78, 5) is 24.7. The van der Waals surface area contributed by atoms with Gasteiger partial charge in [-0.1, -0.05) is 0 Å². The maximum atomic E-state index is 12.4. The van der Waals surface area contributed by atoms with Crippen molar-refractivity contribution in [2.45, 2.75) is 18.6 Å². The van der Waals surface area contributed by atoms with Crippen LogP contribution in [0.1, 0.15) is 16.8 Å². The molecule has 20 heavy (non-hydrogen) atoms. The molecule has 7 heteroatoms. The van der Waals surface area contributed by atoms with E-state index in [4.69, 9.17) is 15.6 Å². The molecule has 0 unspecified atom stereocenters. The number of carboxylic acids is 1. The lowest BCUT2D eigenvalue weighted by molar-refractivity contribution is -0.141. The molecular formula is C13H16N2O5. The molecule has 1 aliphatic rings. The van der Waals surface area contributed by atoms with E-state index in [9.17, 15) is 14.7 Å². The number of hydrogen-bond donors (Lipinski definition) is 3. The zero-order valence-corrected chi connectivity index (χ0v) is 10.9. The van der Waals surface area contributed by atoms with E-state index < -0.39 is 24.0 Å². The molecule has 0 saturated carbocycles. The summed E-state index contributed by atoms with van der Waals surface area (Å²) in [6, 6.07) is 3.49. The molecule has 0 spiro atoms. The number of ether oxygens (including phenoxy) is 1. The third-order valence-corrected chi connectivity index (χ3v) is 3.28. The highest BCUT2D eigenvalue weighted by Gasteiger charge is 2.39. The van der Waals surface area contributed by atoms with Crippen molar-refractivity contribution in [2.75, 3.05) is 19.4 Å². The maximum Gasteiger partial charge on any atom is 0.326 e. The molecule has 1 saturated heterocycles. The van der Waals surface area contributed by atoms with Gasteiger partial charge in [-0.25, -0.2) is 4.79 Å². The van der Waals surface area contributed by atoms with Crippen LogP contribution < -0.4 is 10.5 Å². The lowest BCUT2D eigenvalue weighted by Crippen LogP contribution is -2.40. The van der Waals surface area contributed by atoms with E-state index in [1.54, 1.807) is 0 Å². The molecule has 4 N–H and O–H groups in total. The summed E-state index contributed by atoms with van der Waals surface area (Å²) >= 11 is 0. The van der Waals surface area contributed by atoms with Crippen molar-refractivity contribution in [1.82, 2.24) is 4.90 Å². The number of anilines is 1. The number of methoxy groups -OCH3 is 1. The number of benzene rings is 1. The Labute approximate surface area is 115 Å². The molecule has 2 atom stereocenters. The number of β-amino-alcohol motifs (C(OH)–C–C–N with tert-alkyl or cyclic N) is 1. The summed E-state index contributed by atoms with van der Waals surface area (Å²) in [5.74, 6) is -1.35. The summed E-state index contributed by atoms with van der Waals surface area (Å²) in [5, 5.41) is 18.7. The van der Waals surface area contributed by atoms with E-state index in [-0.39, 0.29) is 24.3 Å². The van der Waals surface area contributed by atoms with Gasteiger partial charge in [-0.3, -0.25) is 4.79 Å². The van der Waals surface area contributed by atoms with Crippen LogP contribution in [0.15, 0.2) is 18.2 Å². The Morgan fingerprint density at radius 3 is 2.75 bits per heavy atom. The number of aliphatic hydroxyl groups excluding tert-OH is 1. The molecule has 2 rings (SSSR count). The molecule has 0 aliphatic carbocycles. The third kappa shape index (κ3) is 2.53. The van der Waals surface area contributed by atoms with Crippen LogP contribution in [0.25, 0.3) is 0 Å². The third-order valence-electron chi connectivity index (χ3n) is 3.28. The van der Waals surface area contributed by atoms with E-state index in [2.05, 4.69) is 0 Å². The first kappa shape index (κ1) is 14.1. The number of rotatable bonds is 3. The van der Waals surface area contributed by atoms with E-state index in [1.165, 1.54) is 25.3 Å². The topological polar surface area (TPSA) is 113 Å². The average Bonchev–Trinajstić information content (AvgIpc) is 2.80. The predicted octanol–water partition coefficient (Wildman–Crippen LogP) is -0.0626. The molecule has 1 aliphatic heterocycles. The number of carboxylic acid groups (broad SMARTS) is 1. The summed E-state index contributed by atoms with van der Waals surface area (Å²) in [7, 11) is 1.40. The number of aliphatic carboxylic acids is 1. The number of hydrogen-bond acceptors (Lipinski definition) is 5. The van der Waals surface area contributed by atoms with Gasteiger partial charge < -0.3 is 25.6 Å². The van der Waals surface area contributed by atoms with E-state index in [0.717, 1.165) is 4.90 Å². The van der Waals surface area contributed by atoms with Gasteiger partial charge in [0, 0.05) is 24.7 Å². The van der Waals surface area contributed by atoms with Crippen LogP contribution in [0.2, 0.25) is 0 Å². The molecule has 1 amide bonds. The number of carbonyl (C=O) groups excluding carboxylic acids is 1. The molecule has 1 heterocycles. The van der Waals surface area contributed by atoms with E-state index in [0.29, 0.717) is 5.69 Å². The standard InChI is InChI=1S/C13H16N2O5/c1-20-11-4-7(14)2-3-9(11)12(17)15-6-8(16)5-10(15)13(18)19/h2-4,8,10,16H,5-6,14H2,1H3,(H,18,19)/t8-,10+/m1/s1. The first-order valence-corrected chi connectivity index (χ1v) is 6.09. The molecule has 1 aromatic carbocycles. The van der Waals surface area contributed by atoms with Gasteiger partial charge >= 0.3 is 5.97 Å². The fraction of sp³-hybridized carbons (Fsp3) is 0.385. The number of nitrogen functional groups attached to an aromatic ring is 1. The zero-order chi connectivity index (χ0) is 14.9. The fourth-order valence-electron chi connectivity index (χ4n) is 2.31. The first-order chi connectivity index (χ1) is 9.43. The molecule has 108 valence electrons. The maximum absolute atomic E-state index is 12.4. The second-order valence-corrected chi connectivity index (χ2v) is 4.66. The first-order valence-electron chi connectivity index (χ1n) is 6.09. The minimum absolute atomic E-state index is 0.0106. The number of carbonyl (C=O) groups is 2. The highest BCUT2D eigenvalue weighted by Crippen LogP contribution is 2.27. The highest BCUT2D eigenvalue weighted by molar-refractivity contribution is 5.99. The van der Waals surface area contributed by atoms with Crippen molar-refractivity contribution in [3.05, 3.63) is 23.8 Å². The van der Waals surface area contributed by atoms with Crippen LogP contribution in [0, 0.1) is 0 Å². The lowest BCUT2D eigenvalue weighted by Gasteiger charge is -2.22. The van der Waals surface area contributed by atoms with Crippen LogP contribution in [-0.4, -0.2) is 52.8 Å². The summed E-state index contributed by atoms with van der Waals surface area (Å²) in [5.41, 5.74) is 6.28. The van der Waals surface area contributed by atoms with Crippen LogP contribution in [0.4, 0.5) is 5.69 Å². The second kappa shape index (κ2) is 5.38. The molecule has 1 aromatic rings. The Kier molecular flexibility index (Phi) is 3.80. The molecule has 0 radical (unpaired) electrons. The van der Waals surface area contributed by atoms with Crippen molar-refractivity contribution >= 4 is 17.6 Å². The molecule has 0 aromatic heterocycles. The van der Waals surface area contributed by atoms with Gasteiger partial charge in [0.15, 0.2) is 0 Å². The smallest absolute Gasteiger partial charge is 0.326 e. The van der Waals surface area contributed by atoms with Gasteiger partial charge in [-0.2, -0.15) is 0 Å². The quantitative estimate of drug-likeness (QED) is 0.668. The van der Waals surface area contributed by atoms with Crippen molar-refractivity contribution in [3.63, 3.8) is 0 Å². The predicted molar refractivity (Wildman–Crippen MR) is 70.5 cm³/mol. The van der Waals surface area contributed by atoms with Crippen LogP contribution in [0.3, 0.4) is 0 Å². The number of amides is 1. The Hall–Kier alpha value is -2.28. The largest absolute Gasteiger partial charge is 0.496 e. The SMILES string of the molecule is COc1cc(N)ccc1C(=O)N1C[C@H](O)C[C@H]1C(=O)O. The monoisotopic (exact) mass is 280 g/mol. The molecule has 1 fully saturated rings.